The monoisotopic (exact) mass is 346 g/mol. The Labute approximate surface area is 142 Å². The number of hydrogen-bond donors (Lipinski definition) is 1. The fourth-order valence-corrected chi connectivity index (χ4v) is 2.30. The number of nitrogens with one attached hydrogen (secondary N) is 1. The van der Waals surface area contributed by atoms with Crippen LogP contribution in [0, 0.1) is 15.9 Å². The van der Waals surface area contributed by atoms with Crippen molar-refractivity contribution in [2.24, 2.45) is 0 Å². The highest BCUT2D eigenvalue weighted by Crippen LogP contribution is 2.20. The maximum absolute atomic E-state index is 13.7. The molecule has 0 fully saturated rings. The lowest BCUT2D eigenvalue weighted by atomic mass is 10.0. The molecule has 1 atom stereocenters. The van der Waals surface area contributed by atoms with Crippen LogP contribution in [-0.4, -0.2) is 30.0 Å². The number of carbonyl (C=O) groups is 2. The number of hydrogen-bond acceptors (Lipinski definition) is 5. The van der Waals surface area contributed by atoms with Gasteiger partial charge in [-0.3, -0.25) is 14.9 Å². The molecule has 0 heterocycles. The van der Waals surface area contributed by atoms with Gasteiger partial charge in [0.25, 0.3) is 11.6 Å². The molecule has 0 spiro atoms. The maximum Gasteiger partial charge on any atom is 0.328 e. The summed E-state index contributed by atoms with van der Waals surface area (Å²) in [4.78, 5) is 34.7. The number of benzene rings is 2. The number of rotatable bonds is 6. The molecular formula is C17H15FN2O5. The molecule has 7 nitrogen and oxygen atoms in total. The van der Waals surface area contributed by atoms with Gasteiger partial charge in [-0.2, -0.15) is 0 Å². The van der Waals surface area contributed by atoms with Gasteiger partial charge in [0.1, 0.15) is 11.9 Å². The predicted octanol–water partition coefficient (Wildman–Crippen LogP) is 2.25. The predicted molar refractivity (Wildman–Crippen MR) is 86.5 cm³/mol. The summed E-state index contributed by atoms with van der Waals surface area (Å²) < 4.78 is 18.3. The lowest BCUT2D eigenvalue weighted by Crippen LogP contribution is -2.43. The second-order valence-corrected chi connectivity index (χ2v) is 5.12. The average molecular weight is 346 g/mol. The van der Waals surface area contributed by atoms with Crippen LogP contribution in [0.3, 0.4) is 0 Å². The van der Waals surface area contributed by atoms with E-state index in [1.807, 2.05) is 0 Å². The first-order valence-electron chi connectivity index (χ1n) is 7.29. The smallest absolute Gasteiger partial charge is 0.328 e. The number of nitro benzene ring substituents is 1. The molecule has 130 valence electrons. The van der Waals surface area contributed by atoms with Gasteiger partial charge in [-0.25, -0.2) is 9.18 Å². The van der Waals surface area contributed by atoms with E-state index in [1.54, 1.807) is 6.07 Å². The van der Waals surface area contributed by atoms with Crippen molar-refractivity contribution >= 4 is 17.6 Å². The first-order valence-corrected chi connectivity index (χ1v) is 7.29. The number of esters is 1. The van der Waals surface area contributed by atoms with Gasteiger partial charge < -0.3 is 10.1 Å². The van der Waals surface area contributed by atoms with E-state index in [1.165, 1.54) is 36.4 Å². The van der Waals surface area contributed by atoms with Crippen molar-refractivity contribution in [3.05, 3.63) is 75.6 Å². The van der Waals surface area contributed by atoms with Crippen LogP contribution in [0.4, 0.5) is 10.1 Å². The van der Waals surface area contributed by atoms with E-state index in [2.05, 4.69) is 10.1 Å². The Kier molecular flexibility index (Phi) is 5.78. The zero-order chi connectivity index (χ0) is 18.4. The first-order chi connectivity index (χ1) is 11.9. The fourth-order valence-electron chi connectivity index (χ4n) is 2.30. The third-order valence-electron chi connectivity index (χ3n) is 3.52. The summed E-state index contributed by atoms with van der Waals surface area (Å²) >= 11 is 0. The Morgan fingerprint density at radius 3 is 2.48 bits per heavy atom. The zero-order valence-corrected chi connectivity index (χ0v) is 13.3. The normalized spacial score (nSPS) is 11.4. The average Bonchev–Trinajstić information content (AvgIpc) is 2.61. The summed E-state index contributed by atoms with van der Waals surface area (Å²) in [7, 11) is 1.13. The second-order valence-electron chi connectivity index (χ2n) is 5.12. The van der Waals surface area contributed by atoms with Crippen molar-refractivity contribution in [2.45, 2.75) is 12.5 Å². The number of nitro groups is 1. The largest absolute Gasteiger partial charge is 0.467 e. The van der Waals surface area contributed by atoms with E-state index in [0.29, 0.717) is 0 Å². The lowest BCUT2D eigenvalue weighted by Gasteiger charge is -2.17. The van der Waals surface area contributed by atoms with Crippen molar-refractivity contribution in [1.82, 2.24) is 5.32 Å². The standard InChI is InChI=1S/C17H15FN2O5/c1-25-17(22)14(10-11-6-2-5-9-15(11)20(23)24)19-16(21)12-7-3-4-8-13(12)18/h2-9,14H,10H2,1H3,(H,19,21)/t14-/m0/s1. The molecule has 0 aromatic heterocycles. The van der Waals surface area contributed by atoms with Gasteiger partial charge in [0.2, 0.25) is 0 Å². The molecule has 8 heteroatoms. The number of halogens is 1. The minimum absolute atomic E-state index is 0.163. The van der Waals surface area contributed by atoms with Crippen molar-refractivity contribution in [2.75, 3.05) is 7.11 Å². The Morgan fingerprint density at radius 2 is 1.84 bits per heavy atom. The van der Waals surface area contributed by atoms with Crippen LogP contribution in [-0.2, 0) is 16.0 Å². The topological polar surface area (TPSA) is 98.5 Å². The molecule has 2 aromatic carbocycles. The Balaban J connectivity index is 2.26. The molecule has 1 amide bonds. The Hall–Kier alpha value is -3.29. The molecular weight excluding hydrogens is 331 g/mol. The lowest BCUT2D eigenvalue weighted by molar-refractivity contribution is -0.385. The van der Waals surface area contributed by atoms with E-state index in [-0.39, 0.29) is 23.2 Å². The molecule has 0 bridgehead atoms. The van der Waals surface area contributed by atoms with Crippen LogP contribution in [0.5, 0.6) is 0 Å². The molecule has 0 saturated carbocycles. The highest BCUT2D eigenvalue weighted by molar-refractivity contribution is 5.97. The molecule has 2 rings (SSSR count). The van der Waals surface area contributed by atoms with Gasteiger partial charge >= 0.3 is 5.97 Å². The summed E-state index contributed by atoms with van der Waals surface area (Å²) in [6.45, 7) is 0. The summed E-state index contributed by atoms with van der Waals surface area (Å²) in [5.41, 5.74) is -0.174. The first kappa shape index (κ1) is 18.1. The number of ether oxygens (including phenoxy) is 1. The third-order valence-corrected chi connectivity index (χ3v) is 3.52. The highest BCUT2D eigenvalue weighted by atomic mass is 19.1. The molecule has 0 aliphatic rings. The molecule has 0 aliphatic carbocycles. The Bertz CT molecular complexity index is 809. The van der Waals surface area contributed by atoms with Crippen molar-refractivity contribution < 1.29 is 23.6 Å². The quantitative estimate of drug-likeness (QED) is 0.491. The van der Waals surface area contributed by atoms with Crippen molar-refractivity contribution in [1.29, 1.82) is 0 Å². The SMILES string of the molecule is COC(=O)[C@H](Cc1ccccc1[N+](=O)[O-])NC(=O)c1ccccc1F. The summed E-state index contributed by atoms with van der Waals surface area (Å²) in [6.07, 6.45) is -0.163. The fraction of sp³-hybridized carbons (Fsp3) is 0.176. The molecule has 0 saturated heterocycles. The van der Waals surface area contributed by atoms with Crippen LogP contribution in [0.15, 0.2) is 48.5 Å². The van der Waals surface area contributed by atoms with Gasteiger partial charge in [-0.05, 0) is 12.1 Å². The maximum atomic E-state index is 13.7. The third kappa shape index (κ3) is 4.37. The molecule has 2 aromatic rings. The van der Waals surface area contributed by atoms with E-state index in [9.17, 15) is 24.1 Å². The number of amides is 1. The van der Waals surface area contributed by atoms with Crippen molar-refractivity contribution in [3.8, 4) is 0 Å². The molecule has 0 aliphatic heterocycles. The number of para-hydroxylation sites is 1. The van der Waals surface area contributed by atoms with Gasteiger partial charge in [-0.15, -0.1) is 0 Å². The van der Waals surface area contributed by atoms with Crippen LogP contribution >= 0.6 is 0 Å². The molecule has 0 unspecified atom stereocenters. The van der Waals surface area contributed by atoms with Gasteiger partial charge in [0.05, 0.1) is 17.6 Å². The van der Waals surface area contributed by atoms with Gasteiger partial charge in [0, 0.05) is 18.1 Å². The van der Waals surface area contributed by atoms with Crippen LogP contribution in [0.1, 0.15) is 15.9 Å². The van der Waals surface area contributed by atoms with Crippen molar-refractivity contribution in [3.63, 3.8) is 0 Å². The minimum Gasteiger partial charge on any atom is -0.467 e. The summed E-state index contributed by atoms with van der Waals surface area (Å²) in [5.74, 6) is -2.34. The van der Waals surface area contributed by atoms with E-state index in [4.69, 9.17) is 0 Å². The number of nitrogens with zero attached hydrogens (tertiary/aromatic N) is 1. The molecule has 25 heavy (non-hydrogen) atoms. The van der Waals surface area contributed by atoms with Crippen LogP contribution < -0.4 is 5.32 Å². The van der Waals surface area contributed by atoms with Crippen LogP contribution in [0.2, 0.25) is 0 Å². The van der Waals surface area contributed by atoms with Gasteiger partial charge in [-0.1, -0.05) is 30.3 Å². The van der Waals surface area contributed by atoms with E-state index in [0.717, 1.165) is 13.2 Å². The van der Waals surface area contributed by atoms with Crippen LogP contribution in [0.25, 0.3) is 0 Å². The number of carbonyl (C=O) groups excluding carboxylic acids is 2. The van der Waals surface area contributed by atoms with E-state index >= 15 is 0 Å². The molecule has 0 radical (unpaired) electrons. The Morgan fingerprint density at radius 1 is 1.20 bits per heavy atom. The number of methoxy groups -OCH3 is 1. The minimum atomic E-state index is -1.20. The summed E-state index contributed by atoms with van der Waals surface area (Å²) in [5, 5.41) is 13.4. The highest BCUT2D eigenvalue weighted by Gasteiger charge is 2.26. The second kappa shape index (κ2) is 8.00. The van der Waals surface area contributed by atoms with Gasteiger partial charge in [0.15, 0.2) is 0 Å². The van der Waals surface area contributed by atoms with E-state index < -0.39 is 28.7 Å². The zero-order valence-electron chi connectivity index (χ0n) is 13.3. The summed E-state index contributed by atoms with van der Waals surface area (Å²) in [6, 6.07) is 9.94. The molecule has 1 N–H and O–H groups in total.